The Bertz CT molecular complexity index is 1220. The largest absolute Gasteiger partial charge is 0.508 e. The Morgan fingerprint density at radius 2 is 1.92 bits per heavy atom. The number of phenolic OH excluding ortho intramolecular Hbond substituents is 1. The second kappa shape index (κ2) is 12.1. The monoisotopic (exact) mass is 512 g/mol. The summed E-state index contributed by atoms with van der Waals surface area (Å²) in [5, 5.41) is 20.3. The van der Waals surface area contributed by atoms with Gasteiger partial charge in [-0.2, -0.15) is 9.98 Å². The summed E-state index contributed by atoms with van der Waals surface area (Å²) in [6.07, 6.45) is 6.11. The van der Waals surface area contributed by atoms with E-state index in [1.54, 1.807) is 13.8 Å². The number of hydrogen-bond acceptors (Lipinski definition) is 6. The van der Waals surface area contributed by atoms with E-state index in [4.69, 9.17) is 4.74 Å². The van der Waals surface area contributed by atoms with E-state index in [-0.39, 0.29) is 35.3 Å². The lowest BCUT2D eigenvalue weighted by atomic mass is 9.88. The van der Waals surface area contributed by atoms with E-state index in [0.717, 1.165) is 25.5 Å². The molecule has 3 rings (SSSR count). The second-order valence-corrected chi connectivity index (χ2v) is 9.28. The summed E-state index contributed by atoms with van der Waals surface area (Å²) in [7, 11) is 1.39. The van der Waals surface area contributed by atoms with Crippen LogP contribution in [0.1, 0.15) is 49.8 Å². The molecule has 2 fully saturated rings. The molecule has 1 saturated carbocycles. The number of rotatable bonds is 7. The van der Waals surface area contributed by atoms with Crippen molar-refractivity contribution >= 4 is 29.7 Å². The number of aliphatic hydroxyl groups excluding tert-OH is 1. The summed E-state index contributed by atoms with van der Waals surface area (Å²) in [5.41, 5.74) is 1.29. The molecule has 1 aliphatic heterocycles. The molecule has 1 heterocycles. The number of allylic oxidation sites excluding steroid dienone is 3. The molecule has 2 bridgehead atoms. The molecule has 1 aliphatic carbocycles. The predicted molar refractivity (Wildman–Crippen MR) is 145 cm³/mol. The molecule has 7 nitrogen and oxygen atoms in total. The lowest BCUT2D eigenvalue weighted by Crippen LogP contribution is -2.31. The van der Waals surface area contributed by atoms with Crippen molar-refractivity contribution in [1.29, 1.82) is 0 Å². The van der Waals surface area contributed by atoms with Gasteiger partial charge in [-0.3, -0.25) is 4.99 Å². The van der Waals surface area contributed by atoms with Gasteiger partial charge in [-0.25, -0.2) is 8.78 Å². The molecule has 3 unspecified atom stereocenters. The molecular formula is C28H34F2N4O3. The van der Waals surface area contributed by atoms with Crippen molar-refractivity contribution in [2.24, 2.45) is 20.9 Å². The molecule has 0 spiro atoms. The highest BCUT2D eigenvalue weighted by molar-refractivity contribution is 6.08. The zero-order valence-electron chi connectivity index (χ0n) is 21.7. The number of likely N-dealkylation sites (tertiary alicyclic amines) is 1. The van der Waals surface area contributed by atoms with Crippen molar-refractivity contribution in [1.82, 2.24) is 4.90 Å². The molecule has 1 saturated heterocycles. The van der Waals surface area contributed by atoms with Crippen LogP contribution in [0.2, 0.25) is 0 Å². The third-order valence-electron chi connectivity index (χ3n) is 6.57. The Kier molecular flexibility index (Phi) is 9.15. The zero-order valence-corrected chi connectivity index (χ0v) is 21.7. The number of nitrogens with zero attached hydrogens (tertiary/aromatic N) is 4. The minimum Gasteiger partial charge on any atom is -0.508 e. The molecule has 3 atom stereocenters. The number of amidine groups is 1. The van der Waals surface area contributed by atoms with Crippen LogP contribution in [0.15, 0.2) is 63.8 Å². The first kappa shape index (κ1) is 28.0. The van der Waals surface area contributed by atoms with E-state index in [0.29, 0.717) is 34.9 Å². The SMILES string of the molecule is C=C(F)/C=C\c1cc(O)cc(/C(N=CC)=C(\F)C(C)=NC(=NC(=C)N2CC3CC(O)CC2C3)OC)c1C. The van der Waals surface area contributed by atoms with Gasteiger partial charge in [-0.1, -0.05) is 19.2 Å². The van der Waals surface area contributed by atoms with Crippen molar-refractivity contribution in [2.75, 3.05) is 13.7 Å². The van der Waals surface area contributed by atoms with Crippen molar-refractivity contribution in [2.45, 2.75) is 52.2 Å². The molecule has 2 aliphatic rings. The number of hydrogen-bond donors (Lipinski definition) is 2. The first-order valence-corrected chi connectivity index (χ1v) is 12.1. The van der Waals surface area contributed by atoms with Gasteiger partial charge in [0.25, 0.3) is 0 Å². The van der Waals surface area contributed by atoms with Crippen LogP contribution >= 0.6 is 0 Å². The number of halogens is 2. The first-order valence-electron chi connectivity index (χ1n) is 12.1. The van der Waals surface area contributed by atoms with Crippen LogP contribution in [0, 0.1) is 12.8 Å². The van der Waals surface area contributed by atoms with Crippen molar-refractivity contribution in [3.05, 3.63) is 65.5 Å². The number of benzene rings is 1. The minimum atomic E-state index is -0.743. The Labute approximate surface area is 216 Å². The van der Waals surface area contributed by atoms with E-state index < -0.39 is 11.7 Å². The van der Waals surface area contributed by atoms with Gasteiger partial charge >= 0.3 is 6.02 Å². The number of aliphatic hydroxyl groups is 1. The first-order chi connectivity index (χ1) is 17.5. The molecule has 0 aromatic heterocycles. The fourth-order valence-corrected chi connectivity index (χ4v) is 4.87. The van der Waals surface area contributed by atoms with Gasteiger partial charge in [0, 0.05) is 24.4 Å². The molecule has 37 heavy (non-hydrogen) atoms. The van der Waals surface area contributed by atoms with Gasteiger partial charge < -0.3 is 19.8 Å². The van der Waals surface area contributed by atoms with Gasteiger partial charge in [0.1, 0.15) is 23.1 Å². The van der Waals surface area contributed by atoms with Crippen LogP contribution in [0.25, 0.3) is 11.8 Å². The number of aliphatic imine (C=N–C) groups is 3. The van der Waals surface area contributed by atoms with Crippen molar-refractivity contribution in [3.8, 4) is 5.75 Å². The fourth-order valence-electron chi connectivity index (χ4n) is 4.87. The highest BCUT2D eigenvalue weighted by atomic mass is 19.1. The minimum absolute atomic E-state index is 0.0402. The van der Waals surface area contributed by atoms with Gasteiger partial charge in [0.15, 0.2) is 5.83 Å². The summed E-state index contributed by atoms with van der Waals surface area (Å²) >= 11 is 0. The maximum absolute atomic E-state index is 15.7. The molecule has 198 valence electrons. The summed E-state index contributed by atoms with van der Waals surface area (Å²) < 4.78 is 34.2. The Hall–Kier alpha value is -3.59. The number of methoxy groups -OCH3 is 1. The Balaban J connectivity index is 1.97. The van der Waals surface area contributed by atoms with E-state index >= 15 is 4.39 Å². The van der Waals surface area contributed by atoms with Crippen LogP contribution in [0.5, 0.6) is 5.75 Å². The van der Waals surface area contributed by atoms with Crippen LogP contribution in [0.3, 0.4) is 0 Å². The van der Waals surface area contributed by atoms with E-state index in [2.05, 4.69) is 28.1 Å². The average molecular weight is 513 g/mol. The van der Waals surface area contributed by atoms with Crippen LogP contribution in [-0.4, -0.2) is 58.9 Å². The van der Waals surface area contributed by atoms with Gasteiger partial charge in [0.2, 0.25) is 0 Å². The highest BCUT2D eigenvalue weighted by Crippen LogP contribution is 2.37. The predicted octanol–water partition coefficient (Wildman–Crippen LogP) is 5.71. The third kappa shape index (κ3) is 6.80. The summed E-state index contributed by atoms with van der Waals surface area (Å²) in [5.74, 6) is -0.692. The summed E-state index contributed by atoms with van der Waals surface area (Å²) in [6.45, 7) is 12.8. The number of ether oxygens (including phenoxy) is 1. The van der Waals surface area contributed by atoms with Gasteiger partial charge in [-0.15, -0.1) is 0 Å². The van der Waals surface area contributed by atoms with Crippen LogP contribution in [-0.2, 0) is 4.74 Å². The van der Waals surface area contributed by atoms with Crippen LogP contribution < -0.4 is 0 Å². The molecule has 0 amide bonds. The van der Waals surface area contributed by atoms with Crippen molar-refractivity contribution < 1.29 is 23.7 Å². The zero-order chi connectivity index (χ0) is 27.3. The van der Waals surface area contributed by atoms with E-state index in [9.17, 15) is 14.6 Å². The number of aromatic hydroxyl groups is 1. The average Bonchev–Trinajstić information content (AvgIpc) is 3.15. The normalized spacial score (nSPS) is 23.1. The molecular weight excluding hydrogens is 478 g/mol. The molecule has 1 aromatic rings. The smallest absolute Gasteiger partial charge is 0.318 e. The lowest BCUT2D eigenvalue weighted by molar-refractivity contribution is 0.103. The fraction of sp³-hybridized carbons (Fsp3) is 0.393. The molecule has 9 heteroatoms. The van der Waals surface area contributed by atoms with Crippen LogP contribution in [0.4, 0.5) is 8.78 Å². The quantitative estimate of drug-likeness (QED) is 0.278. The summed E-state index contributed by atoms with van der Waals surface area (Å²) in [6, 6.07) is 2.91. The lowest BCUT2D eigenvalue weighted by Gasteiger charge is -2.27. The summed E-state index contributed by atoms with van der Waals surface area (Å²) in [4.78, 5) is 14.9. The maximum Gasteiger partial charge on any atom is 0.318 e. The van der Waals surface area contributed by atoms with Gasteiger partial charge in [0.05, 0.1) is 18.9 Å². The second-order valence-electron chi connectivity index (χ2n) is 9.28. The topological polar surface area (TPSA) is 90.0 Å². The maximum atomic E-state index is 15.7. The Morgan fingerprint density at radius 1 is 1.19 bits per heavy atom. The molecule has 2 N–H and O–H groups in total. The number of phenols is 1. The third-order valence-corrected chi connectivity index (χ3v) is 6.57. The van der Waals surface area contributed by atoms with E-state index in [1.807, 2.05) is 4.90 Å². The Morgan fingerprint density at radius 3 is 2.57 bits per heavy atom. The van der Waals surface area contributed by atoms with E-state index in [1.165, 1.54) is 38.5 Å². The molecule has 1 aromatic carbocycles. The molecule has 0 radical (unpaired) electrons. The number of fused-ring (bicyclic) bond motifs is 2. The highest BCUT2D eigenvalue weighted by Gasteiger charge is 2.39. The van der Waals surface area contributed by atoms with Gasteiger partial charge in [-0.05, 0) is 75.3 Å². The van der Waals surface area contributed by atoms with Crippen molar-refractivity contribution in [3.63, 3.8) is 0 Å². The standard InChI is InChI=1S/C28H34F2N4O3/c1-7-31-27(25-14-24(36)12-21(17(25)3)9-8-16(2)29)26(30)18(4)32-28(37-6)33-19(5)34-15-20-10-22(34)13-23(35)11-20/h7-9,12,14,20,22-23,35-36H,2,5,10-11,13,15H2,1,3-4,6H3/b9-8-,27-26+,31-7?,32-18?,33-28?.